The first-order valence-corrected chi connectivity index (χ1v) is 7.90. The second-order valence-corrected chi connectivity index (χ2v) is 6.81. The largest absolute Gasteiger partial charge is 0.350 e. The summed E-state index contributed by atoms with van der Waals surface area (Å²) in [7, 11) is 1.73. The lowest BCUT2D eigenvalue weighted by atomic mass is 10.1. The van der Waals surface area contributed by atoms with Crippen LogP contribution in [0.1, 0.15) is 20.8 Å². The predicted octanol–water partition coefficient (Wildman–Crippen LogP) is 3.01. The maximum atomic E-state index is 12.1. The smallest absolute Gasteiger partial charge is 0.295 e. The van der Waals surface area contributed by atoms with Gasteiger partial charge in [0.05, 0.1) is 11.5 Å². The fraction of sp³-hybridized carbons (Fsp3) is 0.333. The summed E-state index contributed by atoms with van der Waals surface area (Å²) in [6.07, 6.45) is 0. The van der Waals surface area contributed by atoms with Crippen molar-refractivity contribution < 1.29 is 9.72 Å². The molecular formula is C18H22N4O3. The van der Waals surface area contributed by atoms with Gasteiger partial charge in [0.15, 0.2) is 5.69 Å². The van der Waals surface area contributed by atoms with Gasteiger partial charge in [0.25, 0.3) is 5.69 Å². The van der Waals surface area contributed by atoms with E-state index < -0.39 is 4.92 Å². The Kier molecular flexibility index (Phi) is 5.36. The number of aromatic nitrogens is 1. The fourth-order valence-electron chi connectivity index (χ4n) is 2.36. The molecule has 0 unspecified atom stereocenters. The SMILES string of the molecule is CN(CC(=O)NC(C)(C)C)c1ccc([N+](=O)[O-])c(-c2ccccc2)n1. The van der Waals surface area contributed by atoms with Crippen LogP contribution in [0.25, 0.3) is 11.3 Å². The maximum Gasteiger partial charge on any atom is 0.295 e. The summed E-state index contributed by atoms with van der Waals surface area (Å²) in [5, 5.41) is 14.2. The van der Waals surface area contributed by atoms with Gasteiger partial charge < -0.3 is 10.2 Å². The number of nitrogens with one attached hydrogen (secondary N) is 1. The van der Waals surface area contributed by atoms with Crippen molar-refractivity contribution in [3.63, 3.8) is 0 Å². The number of nitro groups is 1. The van der Waals surface area contributed by atoms with Gasteiger partial charge >= 0.3 is 0 Å². The zero-order valence-electron chi connectivity index (χ0n) is 14.8. The molecule has 0 aliphatic rings. The molecule has 2 aromatic rings. The molecular weight excluding hydrogens is 320 g/mol. The number of nitrogens with zero attached hydrogens (tertiary/aromatic N) is 3. The number of carbonyl (C=O) groups excluding carboxylic acids is 1. The number of carbonyl (C=O) groups is 1. The fourth-order valence-corrected chi connectivity index (χ4v) is 2.36. The van der Waals surface area contributed by atoms with Crippen LogP contribution in [-0.4, -0.2) is 34.9 Å². The van der Waals surface area contributed by atoms with Crippen molar-refractivity contribution in [3.05, 3.63) is 52.6 Å². The first-order chi connectivity index (χ1) is 11.7. The van der Waals surface area contributed by atoms with Gasteiger partial charge in [-0.2, -0.15) is 0 Å². The van der Waals surface area contributed by atoms with Crippen LogP contribution >= 0.6 is 0 Å². The van der Waals surface area contributed by atoms with Gasteiger partial charge in [-0.25, -0.2) is 4.98 Å². The van der Waals surface area contributed by atoms with E-state index in [1.165, 1.54) is 6.07 Å². The lowest BCUT2D eigenvalue weighted by Gasteiger charge is -2.24. The maximum absolute atomic E-state index is 12.1. The normalized spacial score (nSPS) is 11.0. The number of likely N-dealkylation sites (N-methyl/N-ethyl adjacent to an activating group) is 1. The summed E-state index contributed by atoms with van der Waals surface area (Å²) in [5.74, 6) is 0.352. The molecule has 0 saturated heterocycles. The molecule has 0 spiro atoms. The molecule has 0 atom stereocenters. The van der Waals surface area contributed by atoms with Gasteiger partial charge in [-0.05, 0) is 26.8 Å². The third kappa shape index (κ3) is 5.00. The van der Waals surface area contributed by atoms with Crippen LogP contribution in [-0.2, 0) is 4.79 Å². The van der Waals surface area contributed by atoms with E-state index in [0.717, 1.165) is 0 Å². The summed E-state index contributed by atoms with van der Waals surface area (Å²) in [4.78, 5) is 29.0. The number of anilines is 1. The molecule has 0 aliphatic heterocycles. The zero-order valence-corrected chi connectivity index (χ0v) is 14.8. The Labute approximate surface area is 146 Å². The molecule has 0 fully saturated rings. The Balaban J connectivity index is 2.31. The zero-order chi connectivity index (χ0) is 18.6. The third-order valence-electron chi connectivity index (χ3n) is 3.39. The summed E-state index contributed by atoms with van der Waals surface area (Å²) in [6, 6.07) is 11.9. The molecule has 7 nitrogen and oxygen atoms in total. The molecule has 7 heteroatoms. The summed E-state index contributed by atoms with van der Waals surface area (Å²) in [5.41, 5.74) is 0.549. The topological polar surface area (TPSA) is 88.4 Å². The minimum absolute atomic E-state index is 0.0671. The lowest BCUT2D eigenvalue weighted by molar-refractivity contribution is -0.384. The molecule has 1 aromatic carbocycles. The van der Waals surface area contributed by atoms with Crippen LogP contribution in [0.3, 0.4) is 0 Å². The third-order valence-corrected chi connectivity index (χ3v) is 3.39. The average Bonchev–Trinajstić information content (AvgIpc) is 2.53. The van der Waals surface area contributed by atoms with Crippen LogP contribution in [0.4, 0.5) is 11.5 Å². The Morgan fingerprint density at radius 1 is 1.20 bits per heavy atom. The predicted molar refractivity (Wildman–Crippen MR) is 97.5 cm³/mol. The highest BCUT2D eigenvalue weighted by Crippen LogP contribution is 2.29. The minimum atomic E-state index is -0.453. The highest BCUT2D eigenvalue weighted by Gasteiger charge is 2.20. The number of rotatable bonds is 5. The van der Waals surface area contributed by atoms with Crippen LogP contribution < -0.4 is 10.2 Å². The molecule has 0 saturated carbocycles. The molecule has 1 heterocycles. The highest BCUT2D eigenvalue weighted by atomic mass is 16.6. The molecule has 0 bridgehead atoms. The van der Waals surface area contributed by atoms with E-state index in [9.17, 15) is 14.9 Å². The second kappa shape index (κ2) is 7.29. The number of hydrogen-bond donors (Lipinski definition) is 1. The first kappa shape index (κ1) is 18.4. The molecule has 0 radical (unpaired) electrons. The summed E-state index contributed by atoms with van der Waals surface area (Å²) in [6.45, 7) is 5.82. The Morgan fingerprint density at radius 3 is 2.40 bits per heavy atom. The van der Waals surface area contributed by atoms with E-state index in [1.54, 1.807) is 42.3 Å². The van der Waals surface area contributed by atoms with Gasteiger partial charge in [0.1, 0.15) is 5.82 Å². The quantitative estimate of drug-likeness (QED) is 0.666. The van der Waals surface area contributed by atoms with Gasteiger partial charge in [-0.3, -0.25) is 14.9 Å². The van der Waals surface area contributed by atoms with E-state index in [0.29, 0.717) is 11.4 Å². The van der Waals surface area contributed by atoms with Crippen molar-refractivity contribution in [2.24, 2.45) is 0 Å². The van der Waals surface area contributed by atoms with E-state index in [1.807, 2.05) is 26.8 Å². The van der Waals surface area contributed by atoms with Crippen LogP contribution in [0.5, 0.6) is 0 Å². The highest BCUT2D eigenvalue weighted by molar-refractivity contribution is 5.82. The minimum Gasteiger partial charge on any atom is -0.350 e. The average molecular weight is 342 g/mol. The molecule has 132 valence electrons. The lowest BCUT2D eigenvalue weighted by Crippen LogP contribution is -2.45. The van der Waals surface area contributed by atoms with Crippen molar-refractivity contribution in [3.8, 4) is 11.3 Å². The monoisotopic (exact) mass is 342 g/mol. The van der Waals surface area contributed by atoms with Crippen molar-refractivity contribution in [2.45, 2.75) is 26.3 Å². The van der Waals surface area contributed by atoms with Crippen LogP contribution in [0.15, 0.2) is 42.5 Å². The van der Waals surface area contributed by atoms with Gasteiger partial charge in [-0.15, -0.1) is 0 Å². The van der Waals surface area contributed by atoms with Gasteiger partial charge in [0, 0.05) is 24.2 Å². The van der Waals surface area contributed by atoms with Gasteiger partial charge in [0.2, 0.25) is 5.91 Å². The standard InChI is InChI=1S/C18H22N4O3/c1-18(2,3)20-16(23)12-21(4)15-11-10-14(22(24)25)17(19-15)13-8-6-5-7-9-13/h5-11H,12H2,1-4H3,(H,20,23). The van der Waals surface area contributed by atoms with E-state index in [4.69, 9.17) is 0 Å². The van der Waals surface area contributed by atoms with Gasteiger partial charge in [-0.1, -0.05) is 30.3 Å². The van der Waals surface area contributed by atoms with E-state index in [-0.39, 0.29) is 29.4 Å². The van der Waals surface area contributed by atoms with Crippen molar-refractivity contribution in [2.75, 3.05) is 18.5 Å². The van der Waals surface area contributed by atoms with E-state index in [2.05, 4.69) is 10.3 Å². The van der Waals surface area contributed by atoms with E-state index >= 15 is 0 Å². The van der Waals surface area contributed by atoms with Crippen LogP contribution in [0.2, 0.25) is 0 Å². The van der Waals surface area contributed by atoms with Crippen LogP contribution in [0, 0.1) is 10.1 Å². The molecule has 1 aromatic heterocycles. The Morgan fingerprint density at radius 2 is 1.84 bits per heavy atom. The molecule has 1 amide bonds. The molecule has 1 N–H and O–H groups in total. The van der Waals surface area contributed by atoms with Crippen molar-refractivity contribution in [1.82, 2.24) is 10.3 Å². The number of benzene rings is 1. The first-order valence-electron chi connectivity index (χ1n) is 7.90. The molecule has 25 heavy (non-hydrogen) atoms. The van der Waals surface area contributed by atoms with Crippen molar-refractivity contribution in [1.29, 1.82) is 0 Å². The Hall–Kier alpha value is -2.96. The second-order valence-electron chi connectivity index (χ2n) is 6.81. The number of pyridine rings is 1. The Bertz CT molecular complexity index is 770. The number of hydrogen-bond acceptors (Lipinski definition) is 5. The summed E-state index contributed by atoms with van der Waals surface area (Å²) >= 11 is 0. The van der Waals surface area contributed by atoms with Crippen molar-refractivity contribution >= 4 is 17.4 Å². The molecule has 2 rings (SSSR count). The molecule has 0 aliphatic carbocycles. The summed E-state index contributed by atoms with van der Waals surface area (Å²) < 4.78 is 0. The number of amides is 1.